The summed E-state index contributed by atoms with van der Waals surface area (Å²) in [6.45, 7) is 0.492. The fourth-order valence-electron chi connectivity index (χ4n) is 3.30. The molecule has 1 fully saturated rings. The molecule has 1 saturated heterocycles. The number of halogens is 4. The van der Waals surface area contributed by atoms with E-state index in [1.165, 1.54) is 12.1 Å². The van der Waals surface area contributed by atoms with Crippen LogP contribution in [0.5, 0.6) is 0 Å². The second kappa shape index (κ2) is 9.94. The minimum atomic E-state index is -0.329. The third-order valence-corrected chi connectivity index (χ3v) is 7.49. The molecule has 0 unspecified atom stereocenters. The first-order chi connectivity index (χ1) is 15.3. The number of carbonyl (C=O) groups excluding carboxylic acids is 2. The number of benzene rings is 3. The largest absolute Gasteiger partial charge is 0.322 e. The van der Waals surface area contributed by atoms with Gasteiger partial charge in [-0.05, 0) is 47.5 Å². The lowest BCUT2D eigenvalue weighted by Crippen LogP contribution is -2.27. The van der Waals surface area contributed by atoms with Gasteiger partial charge in [-0.2, -0.15) is 0 Å². The molecule has 1 aliphatic heterocycles. The van der Waals surface area contributed by atoms with Gasteiger partial charge in [-0.3, -0.25) is 9.59 Å². The molecule has 0 aromatic heterocycles. The molecule has 164 valence electrons. The molecule has 2 amide bonds. The number of nitrogens with one attached hydrogen (secondary N) is 1. The molecule has 32 heavy (non-hydrogen) atoms. The molecular formula is C23H16Cl4N2O2S. The van der Waals surface area contributed by atoms with Gasteiger partial charge in [-0.1, -0.05) is 70.7 Å². The van der Waals surface area contributed by atoms with Crippen molar-refractivity contribution in [1.82, 2.24) is 4.90 Å². The van der Waals surface area contributed by atoms with E-state index in [4.69, 9.17) is 46.4 Å². The van der Waals surface area contributed by atoms with E-state index in [0.717, 1.165) is 11.1 Å². The number of carbonyl (C=O) groups is 2. The average molecular weight is 526 g/mol. The smallest absolute Gasteiger partial charge is 0.255 e. The third kappa shape index (κ3) is 5.19. The second-order valence-electron chi connectivity index (χ2n) is 7.13. The highest BCUT2D eigenvalue weighted by molar-refractivity contribution is 8.00. The number of hydrogen-bond donors (Lipinski definition) is 1. The molecular weight excluding hydrogens is 510 g/mol. The highest BCUT2D eigenvalue weighted by Gasteiger charge is 2.32. The van der Waals surface area contributed by atoms with E-state index < -0.39 is 0 Å². The fourth-order valence-corrected chi connectivity index (χ4v) is 5.21. The fraction of sp³-hybridized carbons (Fsp3) is 0.130. The maximum absolute atomic E-state index is 12.7. The maximum atomic E-state index is 12.7. The summed E-state index contributed by atoms with van der Waals surface area (Å²) in [5.41, 5.74) is 2.78. The van der Waals surface area contributed by atoms with Crippen LogP contribution in [0.4, 0.5) is 5.69 Å². The van der Waals surface area contributed by atoms with Crippen LogP contribution < -0.4 is 5.32 Å². The maximum Gasteiger partial charge on any atom is 0.255 e. The SMILES string of the molecule is O=C(Nc1cc(Cl)c(Cl)cc1Cl)c1ccc([C@@H]2SCC(=O)N2Cc2ccc(Cl)cc2)cc1. The summed E-state index contributed by atoms with van der Waals surface area (Å²) in [5, 5.41) is 4.18. The summed E-state index contributed by atoms with van der Waals surface area (Å²) in [6.07, 6.45) is 0. The van der Waals surface area contributed by atoms with Gasteiger partial charge in [0.05, 0.1) is 26.5 Å². The van der Waals surface area contributed by atoms with Crippen molar-refractivity contribution < 1.29 is 9.59 Å². The third-order valence-electron chi connectivity index (χ3n) is 4.95. The van der Waals surface area contributed by atoms with E-state index in [1.807, 2.05) is 41.3 Å². The van der Waals surface area contributed by atoms with Crippen molar-refractivity contribution in [2.24, 2.45) is 0 Å². The van der Waals surface area contributed by atoms with Crippen molar-refractivity contribution in [3.63, 3.8) is 0 Å². The van der Waals surface area contributed by atoms with Gasteiger partial charge in [0, 0.05) is 17.1 Å². The zero-order valence-electron chi connectivity index (χ0n) is 16.4. The molecule has 4 nitrogen and oxygen atoms in total. The Morgan fingerprint density at radius 2 is 1.59 bits per heavy atom. The number of amides is 2. The molecule has 1 aliphatic rings. The van der Waals surface area contributed by atoms with E-state index in [-0.39, 0.29) is 17.2 Å². The van der Waals surface area contributed by atoms with E-state index in [1.54, 1.807) is 23.9 Å². The van der Waals surface area contributed by atoms with Gasteiger partial charge < -0.3 is 10.2 Å². The molecule has 0 saturated carbocycles. The van der Waals surface area contributed by atoms with Gasteiger partial charge in [0.1, 0.15) is 5.37 Å². The quantitative estimate of drug-likeness (QED) is 0.355. The average Bonchev–Trinajstić information content (AvgIpc) is 3.13. The molecule has 9 heteroatoms. The van der Waals surface area contributed by atoms with Crippen molar-refractivity contribution in [2.75, 3.05) is 11.1 Å². The van der Waals surface area contributed by atoms with Gasteiger partial charge in [0.15, 0.2) is 0 Å². The van der Waals surface area contributed by atoms with Gasteiger partial charge in [-0.15, -0.1) is 11.8 Å². The Balaban J connectivity index is 1.48. The summed E-state index contributed by atoms with van der Waals surface area (Å²) in [5.74, 6) is 0.159. The lowest BCUT2D eigenvalue weighted by atomic mass is 10.1. The lowest BCUT2D eigenvalue weighted by Gasteiger charge is -2.24. The van der Waals surface area contributed by atoms with Crippen LogP contribution in [0, 0.1) is 0 Å². The van der Waals surface area contributed by atoms with E-state index >= 15 is 0 Å². The van der Waals surface area contributed by atoms with E-state index in [2.05, 4.69) is 5.32 Å². The van der Waals surface area contributed by atoms with Crippen LogP contribution in [0.2, 0.25) is 20.1 Å². The number of nitrogens with zero attached hydrogens (tertiary/aromatic N) is 1. The van der Waals surface area contributed by atoms with Crippen molar-refractivity contribution in [3.8, 4) is 0 Å². The standard InChI is InChI=1S/C23H16Cl4N2O2S/c24-16-7-1-13(2-8-16)11-29-21(30)12-32-23(29)15-5-3-14(4-6-15)22(31)28-20-10-18(26)17(25)9-19(20)27/h1-10,23H,11-12H2,(H,28,31)/t23-/m0/s1. The van der Waals surface area contributed by atoms with Crippen LogP contribution in [0.3, 0.4) is 0 Å². The Morgan fingerprint density at radius 3 is 2.28 bits per heavy atom. The van der Waals surface area contributed by atoms with Crippen molar-refractivity contribution in [3.05, 3.63) is 97.4 Å². The second-order valence-corrected chi connectivity index (χ2v) is 9.86. The highest BCUT2D eigenvalue weighted by Crippen LogP contribution is 2.40. The topological polar surface area (TPSA) is 49.4 Å². The number of hydrogen-bond acceptors (Lipinski definition) is 3. The molecule has 4 rings (SSSR count). The minimum absolute atomic E-state index is 0.0750. The Morgan fingerprint density at radius 1 is 0.938 bits per heavy atom. The first-order valence-corrected chi connectivity index (χ1v) is 12.1. The molecule has 0 spiro atoms. The molecule has 1 atom stereocenters. The van der Waals surface area contributed by atoms with Gasteiger partial charge in [-0.25, -0.2) is 0 Å². The summed E-state index contributed by atoms with van der Waals surface area (Å²) in [4.78, 5) is 27.0. The molecule has 3 aromatic carbocycles. The summed E-state index contributed by atoms with van der Waals surface area (Å²) in [7, 11) is 0. The van der Waals surface area contributed by atoms with Crippen LogP contribution in [0.25, 0.3) is 0 Å². The summed E-state index contributed by atoms with van der Waals surface area (Å²) < 4.78 is 0. The number of rotatable bonds is 5. The van der Waals surface area contributed by atoms with Crippen LogP contribution >= 0.6 is 58.2 Å². The summed E-state index contributed by atoms with van der Waals surface area (Å²) in [6, 6.07) is 17.6. The highest BCUT2D eigenvalue weighted by atomic mass is 35.5. The zero-order chi connectivity index (χ0) is 22.8. The Kier molecular flexibility index (Phi) is 7.23. The Hall–Kier alpha value is -1.89. The van der Waals surface area contributed by atoms with Gasteiger partial charge >= 0.3 is 0 Å². The van der Waals surface area contributed by atoms with Crippen molar-refractivity contribution in [1.29, 1.82) is 0 Å². The predicted molar refractivity (Wildman–Crippen MR) is 133 cm³/mol. The Labute approximate surface area is 209 Å². The molecule has 1 N–H and O–H groups in total. The van der Waals surface area contributed by atoms with Crippen molar-refractivity contribution in [2.45, 2.75) is 11.9 Å². The van der Waals surface area contributed by atoms with Crippen molar-refractivity contribution >= 4 is 75.7 Å². The zero-order valence-corrected chi connectivity index (χ0v) is 20.3. The van der Waals surface area contributed by atoms with E-state index in [0.29, 0.717) is 43.6 Å². The van der Waals surface area contributed by atoms with Crippen LogP contribution in [-0.2, 0) is 11.3 Å². The molecule has 3 aromatic rings. The number of thioether (sulfide) groups is 1. The normalized spacial score (nSPS) is 15.8. The van der Waals surface area contributed by atoms with Crippen LogP contribution in [-0.4, -0.2) is 22.5 Å². The van der Waals surface area contributed by atoms with Crippen LogP contribution in [0.15, 0.2) is 60.7 Å². The summed E-state index contributed by atoms with van der Waals surface area (Å²) >= 11 is 25.6. The number of anilines is 1. The lowest BCUT2D eigenvalue weighted by molar-refractivity contribution is -0.128. The first kappa shape index (κ1) is 23.3. The van der Waals surface area contributed by atoms with Gasteiger partial charge in [0.2, 0.25) is 5.91 Å². The minimum Gasteiger partial charge on any atom is -0.322 e. The van der Waals surface area contributed by atoms with Crippen LogP contribution in [0.1, 0.15) is 26.9 Å². The monoisotopic (exact) mass is 524 g/mol. The first-order valence-electron chi connectivity index (χ1n) is 9.53. The Bertz CT molecular complexity index is 1170. The molecule has 0 radical (unpaired) electrons. The predicted octanol–water partition coefficient (Wildman–Crippen LogP) is 7.33. The van der Waals surface area contributed by atoms with Gasteiger partial charge in [0.25, 0.3) is 5.91 Å². The molecule has 1 heterocycles. The van der Waals surface area contributed by atoms with E-state index in [9.17, 15) is 9.59 Å². The molecule has 0 aliphatic carbocycles. The molecule has 0 bridgehead atoms.